The summed E-state index contributed by atoms with van der Waals surface area (Å²) < 4.78 is 23.5. The zero-order valence-corrected chi connectivity index (χ0v) is 20.7. The van der Waals surface area contributed by atoms with Crippen molar-refractivity contribution in [3.8, 4) is 6.07 Å². The molecule has 36 heavy (non-hydrogen) atoms. The van der Waals surface area contributed by atoms with E-state index >= 15 is 0 Å². The molecule has 0 radical (unpaired) electrons. The quantitative estimate of drug-likeness (QED) is 0.270. The molecule has 1 saturated heterocycles. The highest BCUT2D eigenvalue weighted by molar-refractivity contribution is 5.83. The highest BCUT2D eigenvalue weighted by atomic mass is 16.7. The Hall–Kier alpha value is -3.79. The zero-order valence-electron chi connectivity index (χ0n) is 20.7. The molecule has 1 aliphatic heterocycles. The number of aromatic nitrogens is 4. The third kappa shape index (κ3) is 6.45. The first kappa shape index (κ1) is 26.8. The summed E-state index contributed by atoms with van der Waals surface area (Å²) in [5.41, 5.74) is 0.650. The van der Waals surface area contributed by atoms with E-state index in [1.54, 1.807) is 0 Å². The number of ether oxygens (including phenoxy) is 4. The van der Waals surface area contributed by atoms with Crippen molar-refractivity contribution >= 4 is 34.9 Å². The first-order valence-corrected chi connectivity index (χ1v) is 11.8. The molecule has 2 aromatic rings. The van der Waals surface area contributed by atoms with Gasteiger partial charge in [-0.05, 0) is 6.42 Å². The number of carbonyl (C=O) groups is 3. The molecule has 1 aliphatic rings. The number of hydrogen-bond acceptors (Lipinski definition) is 12. The largest absolute Gasteiger partial charge is 0.463 e. The van der Waals surface area contributed by atoms with Crippen molar-refractivity contribution < 1.29 is 33.3 Å². The lowest BCUT2D eigenvalue weighted by Crippen LogP contribution is -2.40. The van der Waals surface area contributed by atoms with Gasteiger partial charge in [0.05, 0.1) is 6.33 Å². The summed E-state index contributed by atoms with van der Waals surface area (Å²) in [6, 6.07) is 1.94. The molecule has 2 aromatic heterocycles. The van der Waals surface area contributed by atoms with Crippen LogP contribution in [-0.4, -0.2) is 68.9 Å². The molecule has 4 atom stereocenters. The molecular weight excluding hydrogens is 472 g/mol. The number of hydrogen-bond donors (Lipinski definition) is 1. The fraction of sp³-hybridized carbons (Fsp3) is 0.609. The number of fused-ring (bicyclic) bond motifs is 1. The van der Waals surface area contributed by atoms with E-state index in [9.17, 15) is 19.6 Å². The average molecular weight is 503 g/mol. The number of rotatable bonds is 11. The summed E-state index contributed by atoms with van der Waals surface area (Å²) in [5, 5.41) is 12.7. The van der Waals surface area contributed by atoms with Crippen LogP contribution < -0.4 is 5.32 Å². The maximum atomic E-state index is 11.9. The molecule has 3 rings (SSSR count). The van der Waals surface area contributed by atoms with Gasteiger partial charge < -0.3 is 24.3 Å². The lowest BCUT2D eigenvalue weighted by Gasteiger charge is -2.23. The fourth-order valence-electron chi connectivity index (χ4n) is 3.95. The second-order valence-electron chi connectivity index (χ2n) is 8.33. The molecular formula is C23H30N6O7. The molecule has 0 spiro atoms. The molecule has 0 aromatic carbocycles. The van der Waals surface area contributed by atoms with Gasteiger partial charge in [-0.2, -0.15) is 15.2 Å². The number of esters is 3. The standard InChI is InChI=1S/C23H30N6O7/c1-5-6-7-8-9-25-21-18-22(28-17(10-24)27-21)29(12-26-18)23-20(35-15(4)32)19(34-14(3)31)16(36-23)11-33-13(2)30/h12,16,19-20,23H,5-9,11H2,1-4H3,(H,25,27,28). The van der Waals surface area contributed by atoms with Gasteiger partial charge in [-0.1, -0.05) is 26.2 Å². The van der Waals surface area contributed by atoms with Gasteiger partial charge in [0.2, 0.25) is 5.82 Å². The summed E-state index contributed by atoms with van der Waals surface area (Å²) >= 11 is 0. The Morgan fingerprint density at radius 3 is 2.44 bits per heavy atom. The second kappa shape index (κ2) is 12.3. The molecule has 3 heterocycles. The van der Waals surface area contributed by atoms with Crippen molar-refractivity contribution in [1.29, 1.82) is 5.26 Å². The summed E-state index contributed by atoms with van der Waals surface area (Å²) in [4.78, 5) is 48.1. The van der Waals surface area contributed by atoms with Crippen molar-refractivity contribution in [1.82, 2.24) is 19.5 Å². The average Bonchev–Trinajstić information content (AvgIpc) is 3.38. The first-order valence-electron chi connectivity index (χ1n) is 11.8. The molecule has 194 valence electrons. The van der Waals surface area contributed by atoms with Gasteiger partial charge >= 0.3 is 17.9 Å². The predicted molar refractivity (Wildman–Crippen MR) is 124 cm³/mol. The Balaban J connectivity index is 1.99. The fourth-order valence-corrected chi connectivity index (χ4v) is 3.95. The number of carbonyl (C=O) groups excluding carboxylic acids is 3. The van der Waals surface area contributed by atoms with E-state index in [2.05, 4.69) is 27.2 Å². The van der Waals surface area contributed by atoms with Gasteiger partial charge in [0.25, 0.3) is 0 Å². The summed E-state index contributed by atoms with van der Waals surface area (Å²) in [6.07, 6.45) is 1.48. The van der Waals surface area contributed by atoms with Crippen molar-refractivity contribution in [2.75, 3.05) is 18.5 Å². The van der Waals surface area contributed by atoms with Gasteiger partial charge in [0.1, 0.15) is 18.8 Å². The molecule has 1 N–H and O–H groups in total. The summed E-state index contributed by atoms with van der Waals surface area (Å²) in [5.74, 6) is -1.52. The van der Waals surface area contributed by atoms with E-state index in [0.717, 1.165) is 25.7 Å². The Bertz CT molecular complexity index is 1140. The van der Waals surface area contributed by atoms with Crippen molar-refractivity contribution in [3.05, 3.63) is 12.2 Å². The Morgan fingerprint density at radius 1 is 1.08 bits per heavy atom. The Labute approximate surface area is 208 Å². The van der Waals surface area contributed by atoms with E-state index in [-0.39, 0.29) is 18.1 Å². The van der Waals surface area contributed by atoms with Crippen molar-refractivity contribution in [2.24, 2.45) is 0 Å². The molecule has 0 saturated carbocycles. The van der Waals surface area contributed by atoms with Crippen LogP contribution in [0.25, 0.3) is 11.2 Å². The number of imidazole rings is 1. The minimum absolute atomic E-state index is 0.0876. The van der Waals surface area contributed by atoms with Crippen LogP contribution in [0.1, 0.15) is 65.4 Å². The monoisotopic (exact) mass is 502 g/mol. The lowest BCUT2D eigenvalue weighted by atomic mass is 10.1. The molecule has 1 fully saturated rings. The highest BCUT2D eigenvalue weighted by Crippen LogP contribution is 2.36. The molecule has 0 bridgehead atoms. The molecule has 0 amide bonds. The topological polar surface area (TPSA) is 168 Å². The molecule has 13 nitrogen and oxygen atoms in total. The van der Waals surface area contributed by atoms with Crippen LogP contribution in [0, 0.1) is 11.3 Å². The SMILES string of the molecule is CCCCCCNc1nc(C#N)nc2c1ncn2C1OC(COC(C)=O)C(OC(C)=O)C1OC(C)=O. The molecule has 13 heteroatoms. The van der Waals surface area contributed by atoms with Gasteiger partial charge in [0, 0.05) is 27.3 Å². The molecule has 4 unspecified atom stereocenters. The van der Waals surface area contributed by atoms with E-state index in [4.69, 9.17) is 18.9 Å². The zero-order chi connectivity index (χ0) is 26.2. The third-order valence-corrected chi connectivity index (χ3v) is 5.46. The van der Waals surface area contributed by atoms with Crippen LogP contribution in [0.15, 0.2) is 6.33 Å². The minimum Gasteiger partial charge on any atom is -0.463 e. The third-order valence-electron chi connectivity index (χ3n) is 5.46. The van der Waals surface area contributed by atoms with Gasteiger partial charge in [-0.25, -0.2) is 4.98 Å². The van der Waals surface area contributed by atoms with Crippen molar-refractivity contribution in [2.45, 2.75) is 77.9 Å². The number of nitriles is 1. The lowest BCUT2D eigenvalue weighted by molar-refractivity contribution is -0.166. The smallest absolute Gasteiger partial charge is 0.303 e. The number of anilines is 1. The van der Waals surface area contributed by atoms with Gasteiger partial charge in [0.15, 0.2) is 35.4 Å². The van der Waals surface area contributed by atoms with E-state index in [0.29, 0.717) is 17.9 Å². The summed E-state index contributed by atoms with van der Waals surface area (Å²) in [6.45, 7) is 6.18. The number of nitrogens with one attached hydrogen (secondary N) is 1. The van der Waals surface area contributed by atoms with E-state index < -0.39 is 42.4 Å². The maximum Gasteiger partial charge on any atom is 0.303 e. The van der Waals surface area contributed by atoms with Gasteiger partial charge in [-0.3, -0.25) is 19.0 Å². The van der Waals surface area contributed by atoms with Crippen LogP contribution >= 0.6 is 0 Å². The second-order valence-corrected chi connectivity index (χ2v) is 8.33. The number of nitrogens with zero attached hydrogens (tertiary/aromatic N) is 5. The molecule has 0 aliphatic carbocycles. The van der Waals surface area contributed by atoms with Crippen molar-refractivity contribution in [3.63, 3.8) is 0 Å². The van der Waals surface area contributed by atoms with Crippen LogP contribution in [0.2, 0.25) is 0 Å². The Kier molecular flexibility index (Phi) is 9.13. The maximum absolute atomic E-state index is 11.9. The van der Waals surface area contributed by atoms with Gasteiger partial charge in [-0.15, -0.1) is 0 Å². The van der Waals surface area contributed by atoms with Crippen LogP contribution in [0.5, 0.6) is 0 Å². The summed E-state index contributed by atoms with van der Waals surface area (Å²) in [7, 11) is 0. The normalized spacial score (nSPS) is 21.1. The predicted octanol–water partition coefficient (Wildman–Crippen LogP) is 2.01. The minimum atomic E-state index is -1.10. The first-order chi connectivity index (χ1) is 17.2. The Morgan fingerprint density at radius 2 is 1.81 bits per heavy atom. The van der Waals surface area contributed by atoms with E-state index in [1.165, 1.54) is 31.7 Å². The van der Waals surface area contributed by atoms with Crippen LogP contribution in [0.4, 0.5) is 5.82 Å². The van der Waals surface area contributed by atoms with E-state index in [1.807, 2.05) is 6.07 Å². The van der Waals surface area contributed by atoms with Crippen LogP contribution in [0.3, 0.4) is 0 Å². The van der Waals surface area contributed by atoms with Crippen LogP contribution in [-0.2, 0) is 33.3 Å². The number of unbranched alkanes of at least 4 members (excludes halogenated alkanes) is 3. The highest BCUT2D eigenvalue weighted by Gasteiger charge is 2.51.